The van der Waals surface area contributed by atoms with Crippen LogP contribution in [0.3, 0.4) is 0 Å². The van der Waals surface area contributed by atoms with Crippen molar-refractivity contribution in [2.45, 2.75) is 43.9 Å². The molecule has 3 aromatic carbocycles. The minimum Gasteiger partial charge on any atom is -0.456 e. The number of rotatable bonds is 1. The van der Waals surface area contributed by atoms with E-state index >= 15 is 0 Å². The van der Waals surface area contributed by atoms with Gasteiger partial charge in [0.05, 0.1) is 5.52 Å². The normalized spacial score (nSPS) is 29.8. The van der Waals surface area contributed by atoms with E-state index in [2.05, 4.69) is 66.2 Å². The van der Waals surface area contributed by atoms with E-state index in [1.165, 1.54) is 71.1 Å². The summed E-state index contributed by atoms with van der Waals surface area (Å²) in [7, 11) is 2.28. The van der Waals surface area contributed by atoms with E-state index < -0.39 is 0 Å². The Kier molecular flexibility index (Phi) is 3.02. The summed E-state index contributed by atoms with van der Waals surface area (Å²) in [6, 6.07) is 19.9. The van der Waals surface area contributed by atoms with E-state index in [0.29, 0.717) is 5.41 Å². The number of benzene rings is 3. The lowest BCUT2D eigenvalue weighted by Crippen LogP contribution is -2.48. The van der Waals surface area contributed by atoms with Gasteiger partial charge in [-0.3, -0.25) is 0 Å². The molecule has 5 aromatic rings. The molecule has 2 aromatic heterocycles. The standard InChI is InChI=1S/C29H27NO/c1-30-23-8-4-2-6-20(23)22-13-25-26(21-7-3-5-9-24(21)31-25)27(28(22)30)29-14-17-10-18(15-29)12-19(11-17)16-29/h2-9,13,17-19H,10-12,14-16H2,1H3. The van der Waals surface area contributed by atoms with E-state index in [1.807, 2.05) is 0 Å². The van der Waals surface area contributed by atoms with Crippen LogP contribution < -0.4 is 0 Å². The number of hydrogen-bond donors (Lipinski definition) is 0. The van der Waals surface area contributed by atoms with Crippen LogP contribution in [0.2, 0.25) is 0 Å². The lowest BCUT2D eigenvalue weighted by molar-refractivity contribution is -0.00393. The zero-order valence-electron chi connectivity index (χ0n) is 18.0. The highest BCUT2D eigenvalue weighted by Crippen LogP contribution is 2.63. The lowest BCUT2D eigenvalue weighted by Gasteiger charge is -2.57. The number of para-hydroxylation sites is 2. The van der Waals surface area contributed by atoms with Crippen molar-refractivity contribution in [3.05, 3.63) is 60.2 Å². The number of aromatic nitrogens is 1. The second-order valence-electron chi connectivity index (χ2n) is 10.9. The molecule has 0 atom stereocenters. The average molecular weight is 406 g/mol. The van der Waals surface area contributed by atoms with Gasteiger partial charge in [0.1, 0.15) is 11.2 Å². The average Bonchev–Trinajstić information content (AvgIpc) is 3.27. The second kappa shape index (κ2) is 5.54. The van der Waals surface area contributed by atoms with Crippen LogP contribution in [0.5, 0.6) is 0 Å². The van der Waals surface area contributed by atoms with Crippen LogP contribution in [-0.4, -0.2) is 4.57 Å². The second-order valence-corrected chi connectivity index (χ2v) is 10.9. The van der Waals surface area contributed by atoms with Crippen molar-refractivity contribution in [2.75, 3.05) is 0 Å². The Hall–Kier alpha value is -2.74. The van der Waals surface area contributed by atoms with Crippen molar-refractivity contribution in [3.8, 4) is 0 Å². The van der Waals surface area contributed by atoms with Gasteiger partial charge in [-0.15, -0.1) is 0 Å². The Morgan fingerprint density at radius 1 is 0.774 bits per heavy atom. The fraction of sp³-hybridized carbons (Fsp3) is 0.379. The lowest BCUT2D eigenvalue weighted by atomic mass is 9.47. The summed E-state index contributed by atoms with van der Waals surface area (Å²) in [4.78, 5) is 0. The van der Waals surface area contributed by atoms with E-state index in [4.69, 9.17) is 4.42 Å². The molecule has 2 nitrogen and oxygen atoms in total. The quantitative estimate of drug-likeness (QED) is 0.279. The summed E-state index contributed by atoms with van der Waals surface area (Å²) in [5.41, 5.74) is 6.82. The third-order valence-corrected chi connectivity index (χ3v) is 9.10. The molecule has 0 amide bonds. The van der Waals surface area contributed by atoms with Crippen LogP contribution >= 0.6 is 0 Å². The van der Waals surface area contributed by atoms with E-state index in [0.717, 1.165) is 28.9 Å². The summed E-state index contributed by atoms with van der Waals surface area (Å²) in [5, 5.41) is 5.43. The van der Waals surface area contributed by atoms with Crippen molar-refractivity contribution in [3.63, 3.8) is 0 Å². The first-order valence-electron chi connectivity index (χ1n) is 12.0. The molecule has 0 aliphatic heterocycles. The van der Waals surface area contributed by atoms with Crippen LogP contribution in [0.15, 0.2) is 59.0 Å². The third-order valence-electron chi connectivity index (χ3n) is 9.10. The van der Waals surface area contributed by atoms with Gasteiger partial charge in [0.15, 0.2) is 0 Å². The van der Waals surface area contributed by atoms with Crippen molar-refractivity contribution in [2.24, 2.45) is 24.8 Å². The van der Waals surface area contributed by atoms with Crippen molar-refractivity contribution in [1.29, 1.82) is 0 Å². The van der Waals surface area contributed by atoms with Gasteiger partial charge >= 0.3 is 0 Å². The smallest absolute Gasteiger partial charge is 0.136 e. The Morgan fingerprint density at radius 2 is 1.42 bits per heavy atom. The van der Waals surface area contributed by atoms with Crippen molar-refractivity contribution >= 4 is 43.7 Å². The first kappa shape index (κ1) is 16.9. The van der Waals surface area contributed by atoms with E-state index in [-0.39, 0.29) is 0 Å². The zero-order chi connectivity index (χ0) is 20.3. The maximum atomic E-state index is 6.51. The minimum atomic E-state index is 0.307. The Labute approximate surface area is 181 Å². The first-order chi connectivity index (χ1) is 15.2. The van der Waals surface area contributed by atoms with Gasteiger partial charge in [-0.1, -0.05) is 36.4 Å². The van der Waals surface area contributed by atoms with Crippen LogP contribution in [0.1, 0.15) is 44.1 Å². The summed E-state index contributed by atoms with van der Waals surface area (Å²) in [6.07, 6.45) is 8.52. The summed E-state index contributed by atoms with van der Waals surface area (Å²) in [5.74, 6) is 2.76. The summed E-state index contributed by atoms with van der Waals surface area (Å²) < 4.78 is 9.00. The summed E-state index contributed by atoms with van der Waals surface area (Å²) in [6.45, 7) is 0. The molecule has 154 valence electrons. The molecule has 0 saturated heterocycles. The van der Waals surface area contributed by atoms with Gasteiger partial charge in [0.2, 0.25) is 0 Å². The van der Waals surface area contributed by atoms with Gasteiger partial charge in [0, 0.05) is 34.1 Å². The van der Waals surface area contributed by atoms with Crippen molar-refractivity contribution in [1.82, 2.24) is 4.57 Å². The molecule has 31 heavy (non-hydrogen) atoms. The van der Waals surface area contributed by atoms with Gasteiger partial charge < -0.3 is 8.98 Å². The van der Waals surface area contributed by atoms with Crippen molar-refractivity contribution < 1.29 is 4.42 Å². The van der Waals surface area contributed by atoms with Crippen LogP contribution in [0.4, 0.5) is 0 Å². The number of fused-ring (bicyclic) bond motifs is 6. The Morgan fingerprint density at radius 3 is 2.16 bits per heavy atom. The maximum Gasteiger partial charge on any atom is 0.136 e. The Bertz CT molecular complexity index is 1500. The molecule has 2 heterocycles. The molecule has 4 saturated carbocycles. The molecule has 4 aliphatic carbocycles. The fourth-order valence-electron chi connectivity index (χ4n) is 8.48. The largest absolute Gasteiger partial charge is 0.456 e. The highest BCUT2D eigenvalue weighted by Gasteiger charge is 2.53. The van der Waals surface area contributed by atoms with E-state index in [1.54, 1.807) is 5.56 Å². The molecule has 2 heteroatoms. The third kappa shape index (κ3) is 2.04. The monoisotopic (exact) mass is 405 g/mol. The van der Waals surface area contributed by atoms with Crippen LogP contribution in [0, 0.1) is 17.8 Å². The van der Waals surface area contributed by atoms with Gasteiger partial charge in [0.25, 0.3) is 0 Å². The molecule has 0 radical (unpaired) electrons. The number of aryl methyl sites for hydroxylation is 1. The molecule has 4 aliphatic rings. The van der Waals surface area contributed by atoms with Crippen LogP contribution in [-0.2, 0) is 12.5 Å². The number of hydrogen-bond acceptors (Lipinski definition) is 1. The zero-order valence-corrected chi connectivity index (χ0v) is 18.0. The van der Waals surface area contributed by atoms with Gasteiger partial charge in [-0.25, -0.2) is 0 Å². The minimum absolute atomic E-state index is 0.307. The highest BCUT2D eigenvalue weighted by molar-refractivity contribution is 6.19. The molecule has 0 spiro atoms. The molecule has 0 N–H and O–H groups in total. The topological polar surface area (TPSA) is 18.1 Å². The predicted molar refractivity (Wildman–Crippen MR) is 128 cm³/mol. The Balaban J connectivity index is 1.60. The predicted octanol–water partition coefficient (Wildman–Crippen LogP) is 7.70. The van der Waals surface area contributed by atoms with Crippen LogP contribution in [0.25, 0.3) is 43.7 Å². The molecule has 4 fully saturated rings. The SMILES string of the molecule is Cn1c2ccccc2c2cc3oc4ccccc4c3c(C34CC5CC(CC(C5)C3)C4)c21. The van der Waals surface area contributed by atoms with Gasteiger partial charge in [-0.05, 0) is 85.5 Å². The summed E-state index contributed by atoms with van der Waals surface area (Å²) >= 11 is 0. The fourth-order valence-corrected chi connectivity index (χ4v) is 8.48. The number of nitrogens with zero attached hydrogens (tertiary/aromatic N) is 1. The molecule has 9 rings (SSSR count). The van der Waals surface area contributed by atoms with E-state index in [9.17, 15) is 0 Å². The van der Waals surface area contributed by atoms with Gasteiger partial charge in [-0.2, -0.15) is 0 Å². The maximum absolute atomic E-state index is 6.51. The first-order valence-corrected chi connectivity index (χ1v) is 12.0. The molecule has 0 unspecified atom stereocenters. The molecular weight excluding hydrogens is 378 g/mol. The molecular formula is C29H27NO. The number of furan rings is 1. The highest BCUT2D eigenvalue weighted by atomic mass is 16.3. The molecule has 4 bridgehead atoms.